The average molecular weight is 709 g/mol. The van der Waals surface area contributed by atoms with Gasteiger partial charge >= 0.3 is 0 Å². The number of aliphatic hydroxyl groups is 1. The molecule has 2 aliphatic heterocycles. The summed E-state index contributed by atoms with van der Waals surface area (Å²) in [6, 6.07) is 25.9. The first-order valence-corrected chi connectivity index (χ1v) is 18.9. The van der Waals surface area contributed by atoms with E-state index in [2.05, 4.69) is 45.9 Å². The number of aryl methyl sites for hydroxylation is 1. The summed E-state index contributed by atoms with van der Waals surface area (Å²) in [6.07, 6.45) is 2.10. The quantitative estimate of drug-likeness (QED) is 0.178. The van der Waals surface area contributed by atoms with Gasteiger partial charge in [0.2, 0.25) is 0 Å². The van der Waals surface area contributed by atoms with E-state index in [1.807, 2.05) is 97.0 Å². The Morgan fingerprint density at radius 3 is 2.53 bits per heavy atom. The molecule has 1 saturated heterocycles. The number of aliphatic hydroxyl groups excluding tert-OH is 1. The zero-order valence-corrected chi connectivity index (χ0v) is 27.8. The third-order valence-electron chi connectivity index (χ3n) is 9.06. The number of benzene rings is 3. The largest absolute Gasteiger partial charge is 0.432 e. The van der Waals surface area contributed by atoms with E-state index in [1.54, 1.807) is 4.68 Å². The molecule has 0 radical (unpaired) electrons. The van der Waals surface area contributed by atoms with Crippen LogP contribution in [0, 0.1) is 9.49 Å². The number of para-hydroxylation sites is 1. The number of hydrogen-bond donors (Lipinski definition) is 2. The van der Waals surface area contributed by atoms with Gasteiger partial charge in [0.15, 0.2) is 13.9 Å². The van der Waals surface area contributed by atoms with E-state index >= 15 is 0 Å². The Morgan fingerprint density at radius 2 is 1.81 bits per heavy atom. The molecule has 2 aliphatic rings. The fraction of sp³-hybridized carbons (Fsp3) is 0.364. The molecular weight excluding hydrogens is 671 g/mol. The second kappa shape index (κ2) is 11.9. The van der Waals surface area contributed by atoms with Crippen molar-refractivity contribution in [1.82, 2.24) is 15.0 Å². The molecule has 43 heavy (non-hydrogen) atoms. The summed E-state index contributed by atoms with van der Waals surface area (Å²) in [7, 11) is -2.77. The van der Waals surface area contributed by atoms with E-state index in [4.69, 9.17) is 4.74 Å². The Hall–Kier alpha value is -2.90. The highest BCUT2D eigenvalue weighted by Crippen LogP contribution is 2.59. The van der Waals surface area contributed by atoms with Gasteiger partial charge in [-0.05, 0) is 71.4 Å². The first-order chi connectivity index (χ1) is 20.6. The van der Waals surface area contributed by atoms with Gasteiger partial charge < -0.3 is 19.5 Å². The van der Waals surface area contributed by atoms with Crippen molar-refractivity contribution in [1.29, 1.82) is 0 Å². The van der Waals surface area contributed by atoms with Crippen LogP contribution in [0.4, 0.5) is 5.69 Å². The van der Waals surface area contributed by atoms with Crippen LogP contribution in [-0.2, 0) is 28.2 Å². The van der Waals surface area contributed by atoms with Gasteiger partial charge in [-0.1, -0.05) is 72.8 Å². The Labute approximate surface area is 267 Å². The fourth-order valence-corrected chi connectivity index (χ4v) is 10.4. The molecule has 8 nitrogen and oxygen atoms in total. The standard InChI is InChI=1S/C33H37IN4O4Si/c1-22-31(43(2,3)41)30(16-17-37-20-28(35-36-37)26(21-39)24-11-5-4-6-12-24)42-33(22)27-14-7-8-15-29(27)38(32(33)40)19-23-10-9-13-25(34)18-23/h4-15,18,20,22,26,30-31,39,41H,16-17,19,21H2,1-3H3/t22-,26?,30+,31-,33+/m0/s1. The van der Waals surface area contributed by atoms with Crippen molar-refractivity contribution in [2.45, 2.75) is 62.7 Å². The van der Waals surface area contributed by atoms with Gasteiger partial charge in [-0.3, -0.25) is 9.48 Å². The first-order valence-electron chi connectivity index (χ1n) is 14.8. The minimum atomic E-state index is -2.77. The van der Waals surface area contributed by atoms with Crippen LogP contribution in [0.3, 0.4) is 0 Å². The molecule has 224 valence electrons. The molecule has 0 aliphatic carbocycles. The molecule has 10 heteroatoms. The molecule has 1 amide bonds. The molecule has 6 rings (SSSR count). The molecule has 1 aromatic heterocycles. The summed E-state index contributed by atoms with van der Waals surface area (Å²) in [5.41, 5.74) is 3.15. The van der Waals surface area contributed by atoms with Crippen molar-refractivity contribution in [2.24, 2.45) is 5.92 Å². The maximum absolute atomic E-state index is 14.5. The topological polar surface area (TPSA) is 101 Å². The molecule has 1 unspecified atom stereocenters. The van der Waals surface area contributed by atoms with Crippen LogP contribution in [0.5, 0.6) is 0 Å². The number of rotatable bonds is 9. The number of fused-ring (bicyclic) bond motifs is 2. The van der Waals surface area contributed by atoms with Crippen molar-refractivity contribution in [3.05, 3.63) is 111 Å². The molecule has 2 N–H and O–H groups in total. The molecule has 5 atom stereocenters. The maximum atomic E-state index is 14.5. The van der Waals surface area contributed by atoms with E-state index in [-0.39, 0.29) is 36.0 Å². The van der Waals surface area contributed by atoms with E-state index < -0.39 is 13.9 Å². The number of ether oxygens (including phenoxy) is 1. The van der Waals surface area contributed by atoms with Gasteiger partial charge in [-0.25, -0.2) is 0 Å². The van der Waals surface area contributed by atoms with Gasteiger partial charge in [0.25, 0.3) is 5.91 Å². The molecule has 1 fully saturated rings. The van der Waals surface area contributed by atoms with Crippen LogP contribution in [0.2, 0.25) is 18.6 Å². The Bertz CT molecular complexity index is 1610. The lowest BCUT2D eigenvalue weighted by atomic mass is 9.82. The monoisotopic (exact) mass is 708 g/mol. The van der Waals surface area contributed by atoms with Gasteiger partial charge in [-0.15, -0.1) is 5.10 Å². The molecule has 0 bridgehead atoms. The summed E-state index contributed by atoms with van der Waals surface area (Å²) in [6.45, 7) is 6.85. The Morgan fingerprint density at radius 1 is 1.07 bits per heavy atom. The molecule has 4 aromatic rings. The summed E-state index contributed by atoms with van der Waals surface area (Å²) >= 11 is 2.29. The number of carbonyl (C=O) groups is 1. The number of carbonyl (C=O) groups excluding carboxylic acids is 1. The smallest absolute Gasteiger partial charge is 0.264 e. The lowest BCUT2D eigenvalue weighted by molar-refractivity contribution is -0.146. The van der Waals surface area contributed by atoms with Crippen LogP contribution in [0.1, 0.15) is 41.6 Å². The predicted molar refractivity (Wildman–Crippen MR) is 176 cm³/mol. The molecule has 0 saturated carbocycles. The first kappa shape index (κ1) is 30.1. The average Bonchev–Trinajstić information content (AvgIpc) is 3.64. The number of hydrogen-bond acceptors (Lipinski definition) is 6. The lowest BCUT2D eigenvalue weighted by Gasteiger charge is -2.32. The van der Waals surface area contributed by atoms with Crippen molar-refractivity contribution < 1.29 is 19.4 Å². The highest BCUT2D eigenvalue weighted by atomic mass is 127. The second-order valence-corrected chi connectivity index (χ2v) is 17.5. The van der Waals surface area contributed by atoms with Gasteiger partial charge in [0, 0.05) is 33.3 Å². The normalized spacial score (nSPS) is 24.1. The van der Waals surface area contributed by atoms with Crippen molar-refractivity contribution in [3.8, 4) is 0 Å². The number of anilines is 1. The van der Waals surface area contributed by atoms with Crippen molar-refractivity contribution in [2.75, 3.05) is 11.5 Å². The SMILES string of the molecule is C[C@H]1[C@H]([Si](C)(C)O)[C@@H](CCn2cc(C(CO)c3ccccc3)nn2)O[C@]12C(=O)N(Cc1cccc(I)c1)c1ccccc12. The van der Waals surface area contributed by atoms with Crippen LogP contribution in [-0.4, -0.2) is 51.8 Å². The lowest BCUT2D eigenvalue weighted by Crippen LogP contribution is -2.46. The minimum absolute atomic E-state index is 0.0671. The van der Waals surface area contributed by atoms with Gasteiger partial charge in [-0.2, -0.15) is 0 Å². The molecular formula is C33H37IN4O4Si. The maximum Gasteiger partial charge on any atom is 0.264 e. The van der Waals surface area contributed by atoms with Crippen molar-refractivity contribution >= 4 is 42.5 Å². The Balaban J connectivity index is 1.28. The van der Waals surface area contributed by atoms with Crippen LogP contribution in [0.25, 0.3) is 0 Å². The summed E-state index contributed by atoms with van der Waals surface area (Å²) in [5.74, 6) is -0.548. The van der Waals surface area contributed by atoms with Gasteiger partial charge in [0.05, 0.1) is 36.6 Å². The van der Waals surface area contributed by atoms with Gasteiger partial charge in [0.1, 0.15) is 0 Å². The number of halogens is 1. The fourth-order valence-electron chi connectivity index (χ4n) is 7.17. The third kappa shape index (κ3) is 5.48. The van der Waals surface area contributed by atoms with E-state index in [1.165, 1.54) is 0 Å². The van der Waals surface area contributed by atoms with Crippen molar-refractivity contribution in [3.63, 3.8) is 0 Å². The number of nitrogens with zero attached hydrogens (tertiary/aromatic N) is 4. The Kier molecular flexibility index (Phi) is 8.33. The van der Waals surface area contributed by atoms with Crippen LogP contribution >= 0.6 is 22.6 Å². The predicted octanol–water partition coefficient (Wildman–Crippen LogP) is 5.44. The summed E-state index contributed by atoms with van der Waals surface area (Å²) in [5, 5.41) is 18.8. The van der Waals surface area contributed by atoms with E-state index in [0.29, 0.717) is 25.2 Å². The number of aromatic nitrogens is 3. The molecule has 1 spiro atoms. The minimum Gasteiger partial charge on any atom is -0.432 e. The zero-order chi connectivity index (χ0) is 30.4. The van der Waals surface area contributed by atoms with E-state index in [0.717, 1.165) is 25.9 Å². The second-order valence-electron chi connectivity index (χ2n) is 12.2. The zero-order valence-electron chi connectivity index (χ0n) is 24.6. The van der Waals surface area contributed by atoms with Crippen LogP contribution < -0.4 is 4.90 Å². The highest BCUT2D eigenvalue weighted by molar-refractivity contribution is 14.1. The molecule has 3 aromatic carbocycles. The number of amides is 1. The summed E-state index contributed by atoms with van der Waals surface area (Å²) < 4.78 is 9.83. The van der Waals surface area contributed by atoms with Crippen LogP contribution in [0.15, 0.2) is 85.1 Å². The summed E-state index contributed by atoms with van der Waals surface area (Å²) in [4.78, 5) is 27.9. The molecule has 3 heterocycles. The van der Waals surface area contributed by atoms with E-state index in [9.17, 15) is 14.7 Å². The highest BCUT2D eigenvalue weighted by Gasteiger charge is 2.66. The third-order valence-corrected chi connectivity index (χ3v) is 12.2.